The summed E-state index contributed by atoms with van der Waals surface area (Å²) in [4.78, 5) is 27.0. The number of methoxy groups -OCH3 is 1. The molecule has 2 N–H and O–H groups in total. The number of nitrogens with two attached hydrogens (primary N) is 1. The van der Waals surface area contributed by atoms with Crippen LogP contribution in [-0.2, 0) is 30.4 Å². The molecular formula is C25H38N2O5. The molecule has 1 aliphatic heterocycles. The Balaban J connectivity index is 1.40. The molecule has 1 amide bonds. The normalized spacial score (nSPS) is 22.6. The molecular weight excluding hydrogens is 408 g/mol. The molecule has 1 aromatic carbocycles. The molecule has 2 aliphatic rings. The Morgan fingerprint density at radius 2 is 1.81 bits per heavy atom. The summed E-state index contributed by atoms with van der Waals surface area (Å²) < 4.78 is 16.7. The smallest absolute Gasteiger partial charge is 0.328 e. The second-order valence-corrected chi connectivity index (χ2v) is 8.93. The summed E-state index contributed by atoms with van der Waals surface area (Å²) in [7, 11) is 1.36. The molecule has 1 aliphatic carbocycles. The first-order valence-corrected chi connectivity index (χ1v) is 12.0. The van der Waals surface area contributed by atoms with Gasteiger partial charge in [0, 0.05) is 26.2 Å². The van der Waals surface area contributed by atoms with Gasteiger partial charge in [0.1, 0.15) is 6.04 Å². The summed E-state index contributed by atoms with van der Waals surface area (Å²) in [6.07, 6.45) is 7.45. The van der Waals surface area contributed by atoms with E-state index in [1.807, 2.05) is 30.3 Å². The van der Waals surface area contributed by atoms with Gasteiger partial charge < -0.3 is 24.8 Å². The van der Waals surface area contributed by atoms with E-state index in [1.54, 1.807) is 4.90 Å². The lowest BCUT2D eigenvalue weighted by atomic mass is 9.83. The molecule has 1 saturated carbocycles. The minimum Gasteiger partial charge on any atom is -0.467 e. The number of esters is 1. The number of amides is 1. The van der Waals surface area contributed by atoms with Crippen molar-refractivity contribution in [3.63, 3.8) is 0 Å². The summed E-state index contributed by atoms with van der Waals surface area (Å²) in [6, 6.07) is 8.94. The zero-order chi connectivity index (χ0) is 22.8. The molecule has 0 spiro atoms. The number of unbranched alkanes of at least 4 members (excludes halogenated alkanes) is 1. The summed E-state index contributed by atoms with van der Waals surface area (Å²) in [5, 5.41) is 0. The summed E-state index contributed by atoms with van der Waals surface area (Å²) in [6.45, 7) is 2.26. The van der Waals surface area contributed by atoms with Gasteiger partial charge in [-0.2, -0.15) is 0 Å². The van der Waals surface area contributed by atoms with Crippen LogP contribution in [-0.4, -0.2) is 61.8 Å². The number of carbonyl (C=O) groups is 2. The van der Waals surface area contributed by atoms with Gasteiger partial charge in [0.05, 0.1) is 25.9 Å². The van der Waals surface area contributed by atoms with Gasteiger partial charge in [-0.3, -0.25) is 4.79 Å². The first-order valence-electron chi connectivity index (χ1n) is 12.0. The third kappa shape index (κ3) is 7.02. The molecule has 1 heterocycles. The van der Waals surface area contributed by atoms with Gasteiger partial charge in [-0.15, -0.1) is 0 Å². The van der Waals surface area contributed by atoms with E-state index in [9.17, 15) is 9.59 Å². The van der Waals surface area contributed by atoms with Crippen molar-refractivity contribution in [3.8, 4) is 0 Å². The van der Waals surface area contributed by atoms with Gasteiger partial charge in [-0.25, -0.2) is 4.79 Å². The molecule has 0 radical (unpaired) electrons. The number of carbonyl (C=O) groups excluding carboxylic acids is 2. The van der Waals surface area contributed by atoms with Crippen molar-refractivity contribution >= 4 is 11.9 Å². The van der Waals surface area contributed by atoms with Crippen LogP contribution in [0.15, 0.2) is 30.3 Å². The van der Waals surface area contributed by atoms with Crippen molar-refractivity contribution in [2.24, 2.45) is 11.7 Å². The highest BCUT2D eigenvalue weighted by Gasteiger charge is 2.43. The third-order valence-electron chi connectivity index (χ3n) is 6.61. The molecule has 0 bridgehead atoms. The zero-order valence-electron chi connectivity index (χ0n) is 19.2. The number of benzene rings is 1. The average Bonchev–Trinajstić information content (AvgIpc) is 3.27. The Morgan fingerprint density at radius 1 is 1.09 bits per heavy atom. The molecule has 178 valence electrons. The highest BCUT2D eigenvalue weighted by Crippen LogP contribution is 2.29. The van der Waals surface area contributed by atoms with E-state index in [1.165, 1.54) is 19.1 Å². The Morgan fingerprint density at radius 3 is 2.53 bits per heavy atom. The monoisotopic (exact) mass is 446 g/mol. The van der Waals surface area contributed by atoms with Gasteiger partial charge in [-0.05, 0) is 37.2 Å². The topological polar surface area (TPSA) is 91.1 Å². The number of ether oxygens (including phenoxy) is 3. The lowest BCUT2D eigenvalue weighted by Crippen LogP contribution is -2.52. The van der Waals surface area contributed by atoms with E-state index in [0.717, 1.165) is 38.5 Å². The molecule has 1 aromatic rings. The minimum absolute atomic E-state index is 0.146. The lowest BCUT2D eigenvalue weighted by Gasteiger charge is -2.31. The molecule has 7 nitrogen and oxygen atoms in total. The van der Waals surface area contributed by atoms with E-state index in [4.69, 9.17) is 19.9 Å². The Kier molecular flexibility index (Phi) is 9.96. The van der Waals surface area contributed by atoms with Gasteiger partial charge in [0.25, 0.3) is 0 Å². The average molecular weight is 447 g/mol. The molecule has 1 saturated heterocycles. The van der Waals surface area contributed by atoms with E-state index in [0.29, 0.717) is 32.8 Å². The third-order valence-corrected chi connectivity index (χ3v) is 6.61. The van der Waals surface area contributed by atoms with Crippen molar-refractivity contribution in [2.45, 2.75) is 76.2 Å². The predicted octanol–water partition coefficient (Wildman–Crippen LogP) is 3.05. The predicted molar refractivity (Wildman–Crippen MR) is 122 cm³/mol. The summed E-state index contributed by atoms with van der Waals surface area (Å²) >= 11 is 0. The van der Waals surface area contributed by atoms with E-state index < -0.39 is 18.1 Å². The van der Waals surface area contributed by atoms with Crippen LogP contribution in [0.5, 0.6) is 0 Å². The number of nitrogens with zero attached hydrogens (tertiary/aromatic N) is 1. The SMILES string of the molecule is COC(=O)C1CC(OCCCCOCc2ccccc2)CN1C(=O)C(N)C1CCCCC1. The first kappa shape index (κ1) is 24.7. The van der Waals surface area contributed by atoms with Crippen molar-refractivity contribution in [2.75, 3.05) is 26.9 Å². The maximum absolute atomic E-state index is 13.1. The fourth-order valence-electron chi connectivity index (χ4n) is 4.73. The molecule has 3 rings (SSSR count). The maximum Gasteiger partial charge on any atom is 0.328 e. The number of rotatable bonds is 11. The van der Waals surface area contributed by atoms with Crippen LogP contribution < -0.4 is 5.73 Å². The van der Waals surface area contributed by atoms with Crippen LogP contribution in [0.4, 0.5) is 0 Å². The molecule has 3 unspecified atom stereocenters. The highest BCUT2D eigenvalue weighted by molar-refractivity contribution is 5.88. The zero-order valence-corrected chi connectivity index (χ0v) is 19.2. The number of likely N-dealkylation sites (tertiary alicyclic amines) is 1. The Bertz CT molecular complexity index is 708. The van der Waals surface area contributed by atoms with E-state index in [2.05, 4.69) is 0 Å². The van der Waals surface area contributed by atoms with Crippen LogP contribution in [0.2, 0.25) is 0 Å². The van der Waals surface area contributed by atoms with Gasteiger partial charge in [0.15, 0.2) is 0 Å². The van der Waals surface area contributed by atoms with Crippen LogP contribution >= 0.6 is 0 Å². The molecule has 3 atom stereocenters. The summed E-state index contributed by atoms with van der Waals surface area (Å²) in [5.74, 6) is -0.340. The molecule has 2 fully saturated rings. The first-order chi connectivity index (χ1) is 15.6. The molecule has 32 heavy (non-hydrogen) atoms. The molecule has 7 heteroatoms. The summed E-state index contributed by atoms with van der Waals surface area (Å²) in [5.41, 5.74) is 7.50. The second kappa shape index (κ2) is 12.9. The van der Waals surface area contributed by atoms with Gasteiger partial charge in [0.2, 0.25) is 5.91 Å². The number of hydrogen-bond donors (Lipinski definition) is 1. The van der Waals surface area contributed by atoms with E-state index >= 15 is 0 Å². The quantitative estimate of drug-likeness (QED) is 0.415. The Hall–Kier alpha value is -1.96. The second-order valence-electron chi connectivity index (χ2n) is 8.93. The van der Waals surface area contributed by atoms with Crippen molar-refractivity contribution in [3.05, 3.63) is 35.9 Å². The van der Waals surface area contributed by atoms with Gasteiger partial charge in [-0.1, -0.05) is 49.6 Å². The lowest BCUT2D eigenvalue weighted by molar-refractivity contribution is -0.151. The van der Waals surface area contributed by atoms with Crippen molar-refractivity contribution < 1.29 is 23.8 Å². The van der Waals surface area contributed by atoms with Gasteiger partial charge >= 0.3 is 5.97 Å². The van der Waals surface area contributed by atoms with E-state index in [-0.39, 0.29) is 17.9 Å². The minimum atomic E-state index is -0.610. The maximum atomic E-state index is 13.1. The van der Waals surface area contributed by atoms with Crippen LogP contribution in [0.3, 0.4) is 0 Å². The highest BCUT2D eigenvalue weighted by atomic mass is 16.5. The molecule has 0 aromatic heterocycles. The van der Waals surface area contributed by atoms with Crippen LogP contribution in [0.1, 0.15) is 56.9 Å². The standard InChI is InChI=1S/C25H38N2O5/c1-30-25(29)22-16-21(17-27(22)24(28)23(26)20-12-6-3-7-13-20)32-15-9-8-14-31-18-19-10-4-2-5-11-19/h2,4-5,10-11,20-23H,3,6-9,12-18,26H2,1H3. The van der Waals surface area contributed by atoms with Crippen LogP contribution in [0.25, 0.3) is 0 Å². The fraction of sp³-hybridized carbons (Fsp3) is 0.680. The van der Waals surface area contributed by atoms with Crippen LogP contribution in [0, 0.1) is 5.92 Å². The fourth-order valence-corrected chi connectivity index (χ4v) is 4.73. The largest absolute Gasteiger partial charge is 0.467 e. The Labute approximate surface area is 191 Å². The number of hydrogen-bond acceptors (Lipinski definition) is 6. The van der Waals surface area contributed by atoms with Crippen molar-refractivity contribution in [1.29, 1.82) is 0 Å². The van der Waals surface area contributed by atoms with Crippen molar-refractivity contribution in [1.82, 2.24) is 4.90 Å².